The van der Waals surface area contributed by atoms with Gasteiger partial charge in [-0.15, -0.1) is 0 Å². The van der Waals surface area contributed by atoms with E-state index in [0.717, 1.165) is 36.3 Å². The molecule has 5 rings (SSSR count). The SMILES string of the molecule is COc1ccc2c(c1)C(Cc1ccc(-c3ccc(NS(=O)(=O)c4ccc(NC(C)=O)cc4)cc3)cc1)NCC2. The van der Waals surface area contributed by atoms with Crippen molar-refractivity contribution in [2.75, 3.05) is 23.7 Å². The lowest BCUT2D eigenvalue weighted by Gasteiger charge is -2.27. The van der Waals surface area contributed by atoms with E-state index in [0.29, 0.717) is 11.4 Å². The Kier molecular flexibility index (Phi) is 7.67. The molecular formula is C31H31N3O4S. The van der Waals surface area contributed by atoms with E-state index in [4.69, 9.17) is 4.74 Å². The number of nitrogens with one attached hydrogen (secondary N) is 3. The number of fused-ring (bicyclic) bond motifs is 1. The third-order valence-corrected chi connectivity index (χ3v) is 8.26. The summed E-state index contributed by atoms with van der Waals surface area (Å²) in [5.74, 6) is 0.662. The summed E-state index contributed by atoms with van der Waals surface area (Å²) in [6.07, 6.45) is 1.90. The monoisotopic (exact) mass is 541 g/mol. The predicted octanol–water partition coefficient (Wildman–Crippen LogP) is 5.55. The van der Waals surface area contributed by atoms with Crippen LogP contribution in [0.3, 0.4) is 0 Å². The number of carbonyl (C=O) groups is 1. The van der Waals surface area contributed by atoms with Crippen LogP contribution in [0.5, 0.6) is 5.75 Å². The molecule has 0 saturated heterocycles. The minimum absolute atomic E-state index is 0.116. The second-order valence-corrected chi connectivity index (χ2v) is 11.3. The molecule has 1 aliphatic heterocycles. The zero-order chi connectivity index (χ0) is 27.4. The summed E-state index contributed by atoms with van der Waals surface area (Å²) in [5, 5.41) is 6.26. The van der Waals surface area contributed by atoms with Crippen molar-refractivity contribution < 1.29 is 17.9 Å². The highest BCUT2D eigenvalue weighted by Gasteiger charge is 2.21. The van der Waals surface area contributed by atoms with Crippen LogP contribution < -0.4 is 20.1 Å². The average Bonchev–Trinajstić information content (AvgIpc) is 2.94. The summed E-state index contributed by atoms with van der Waals surface area (Å²) in [4.78, 5) is 11.3. The van der Waals surface area contributed by atoms with Gasteiger partial charge in [0.1, 0.15) is 5.75 Å². The maximum atomic E-state index is 12.8. The van der Waals surface area contributed by atoms with Crippen LogP contribution in [0.25, 0.3) is 11.1 Å². The van der Waals surface area contributed by atoms with Gasteiger partial charge in [-0.2, -0.15) is 0 Å². The molecular weight excluding hydrogens is 510 g/mol. The standard InChI is InChI=1S/C31H31N3O4S/c1-21(35)33-26-12-15-29(16-13-26)39(36,37)34-27-10-7-24(8-11-27)23-5-3-22(4-6-23)19-31-30-20-28(38-2)14-9-25(30)17-18-32-31/h3-16,20,31-32,34H,17-19H2,1-2H3,(H,33,35). The fourth-order valence-electron chi connectivity index (χ4n) is 4.86. The van der Waals surface area contributed by atoms with Crippen molar-refractivity contribution in [3.63, 3.8) is 0 Å². The molecule has 0 aromatic heterocycles. The van der Waals surface area contributed by atoms with Gasteiger partial charge < -0.3 is 15.4 Å². The second kappa shape index (κ2) is 11.3. The molecule has 0 saturated carbocycles. The Hall–Kier alpha value is -4.14. The van der Waals surface area contributed by atoms with Gasteiger partial charge >= 0.3 is 0 Å². The molecule has 1 heterocycles. The van der Waals surface area contributed by atoms with Gasteiger partial charge in [0.05, 0.1) is 12.0 Å². The lowest BCUT2D eigenvalue weighted by Crippen LogP contribution is -2.31. The lowest BCUT2D eigenvalue weighted by molar-refractivity contribution is -0.114. The molecule has 0 aliphatic carbocycles. The van der Waals surface area contributed by atoms with Gasteiger partial charge in [-0.1, -0.05) is 42.5 Å². The van der Waals surface area contributed by atoms with Gasteiger partial charge in [-0.05, 0) is 95.7 Å². The Morgan fingerprint density at radius 2 is 1.54 bits per heavy atom. The van der Waals surface area contributed by atoms with Crippen LogP contribution in [0.2, 0.25) is 0 Å². The summed E-state index contributed by atoms with van der Waals surface area (Å²) in [7, 11) is -2.06. The highest BCUT2D eigenvalue weighted by Crippen LogP contribution is 2.30. The number of hydrogen-bond donors (Lipinski definition) is 3. The van der Waals surface area contributed by atoms with E-state index in [1.165, 1.54) is 35.7 Å². The highest BCUT2D eigenvalue weighted by atomic mass is 32.2. The fraction of sp³-hybridized carbons (Fsp3) is 0.194. The number of anilines is 2. The largest absolute Gasteiger partial charge is 0.497 e. The zero-order valence-electron chi connectivity index (χ0n) is 21.9. The second-order valence-electron chi connectivity index (χ2n) is 9.61. The number of rotatable bonds is 8. The number of methoxy groups -OCH3 is 1. The normalized spacial score (nSPS) is 14.8. The summed E-state index contributed by atoms with van der Waals surface area (Å²) in [6.45, 7) is 2.36. The van der Waals surface area contributed by atoms with Crippen molar-refractivity contribution in [3.8, 4) is 16.9 Å². The van der Waals surface area contributed by atoms with E-state index in [-0.39, 0.29) is 16.8 Å². The van der Waals surface area contributed by atoms with Crippen molar-refractivity contribution in [2.45, 2.75) is 30.7 Å². The molecule has 0 bridgehead atoms. The number of sulfonamides is 1. The average molecular weight is 542 g/mol. The molecule has 4 aromatic carbocycles. The van der Waals surface area contributed by atoms with E-state index >= 15 is 0 Å². The quantitative estimate of drug-likeness (QED) is 0.272. The van der Waals surface area contributed by atoms with Gasteiger partial charge in [-0.3, -0.25) is 9.52 Å². The van der Waals surface area contributed by atoms with E-state index in [1.54, 1.807) is 31.4 Å². The van der Waals surface area contributed by atoms with E-state index in [2.05, 4.69) is 51.8 Å². The number of ether oxygens (including phenoxy) is 1. The summed E-state index contributed by atoms with van der Waals surface area (Å²) in [5.41, 5.74) is 6.96. The molecule has 8 heteroatoms. The van der Waals surface area contributed by atoms with Gasteiger partial charge in [-0.25, -0.2) is 8.42 Å². The molecule has 200 valence electrons. The maximum absolute atomic E-state index is 12.8. The summed E-state index contributed by atoms with van der Waals surface area (Å²) < 4.78 is 33.6. The van der Waals surface area contributed by atoms with E-state index in [1.807, 2.05) is 18.2 Å². The Morgan fingerprint density at radius 3 is 2.18 bits per heavy atom. The fourth-order valence-corrected chi connectivity index (χ4v) is 5.92. The zero-order valence-corrected chi connectivity index (χ0v) is 22.7. The molecule has 3 N–H and O–H groups in total. The van der Waals surface area contributed by atoms with Crippen LogP contribution in [0.15, 0.2) is 95.9 Å². The minimum Gasteiger partial charge on any atom is -0.497 e. The van der Waals surface area contributed by atoms with Crippen molar-refractivity contribution in [1.82, 2.24) is 5.32 Å². The molecule has 0 spiro atoms. The van der Waals surface area contributed by atoms with Crippen molar-refractivity contribution >= 4 is 27.3 Å². The van der Waals surface area contributed by atoms with Gasteiger partial charge in [0.15, 0.2) is 0 Å². The van der Waals surface area contributed by atoms with Crippen molar-refractivity contribution in [1.29, 1.82) is 0 Å². The Labute approximate surface area is 229 Å². The van der Waals surface area contributed by atoms with E-state index in [9.17, 15) is 13.2 Å². The third-order valence-electron chi connectivity index (χ3n) is 6.86. The highest BCUT2D eigenvalue weighted by molar-refractivity contribution is 7.92. The first-order valence-corrected chi connectivity index (χ1v) is 14.3. The van der Waals surface area contributed by atoms with Crippen LogP contribution in [0.4, 0.5) is 11.4 Å². The van der Waals surface area contributed by atoms with Crippen LogP contribution in [0, 0.1) is 0 Å². The van der Waals surface area contributed by atoms with Crippen molar-refractivity contribution in [3.05, 3.63) is 108 Å². The molecule has 1 aliphatic rings. The Bertz CT molecular complexity index is 1570. The first kappa shape index (κ1) is 26.5. The Balaban J connectivity index is 1.24. The predicted molar refractivity (Wildman–Crippen MR) is 155 cm³/mol. The molecule has 1 atom stereocenters. The molecule has 1 unspecified atom stereocenters. The summed E-state index contributed by atoms with van der Waals surface area (Å²) in [6, 6.07) is 28.4. The van der Waals surface area contributed by atoms with Crippen LogP contribution in [0.1, 0.15) is 29.7 Å². The third kappa shape index (κ3) is 6.30. The molecule has 39 heavy (non-hydrogen) atoms. The van der Waals surface area contributed by atoms with Crippen LogP contribution >= 0.6 is 0 Å². The van der Waals surface area contributed by atoms with Crippen LogP contribution in [-0.2, 0) is 27.7 Å². The molecule has 4 aromatic rings. The first-order valence-electron chi connectivity index (χ1n) is 12.8. The molecule has 0 radical (unpaired) electrons. The number of carbonyl (C=O) groups excluding carboxylic acids is 1. The van der Waals surface area contributed by atoms with E-state index < -0.39 is 10.0 Å². The maximum Gasteiger partial charge on any atom is 0.261 e. The molecule has 7 nitrogen and oxygen atoms in total. The number of amides is 1. The van der Waals surface area contributed by atoms with Gasteiger partial charge in [0.25, 0.3) is 10.0 Å². The minimum atomic E-state index is -3.76. The molecule has 1 amide bonds. The van der Waals surface area contributed by atoms with Gasteiger partial charge in [0.2, 0.25) is 5.91 Å². The van der Waals surface area contributed by atoms with Crippen LogP contribution in [-0.4, -0.2) is 28.0 Å². The van der Waals surface area contributed by atoms with Gasteiger partial charge in [0, 0.05) is 24.3 Å². The molecule has 0 fully saturated rings. The Morgan fingerprint density at radius 1 is 0.897 bits per heavy atom. The lowest BCUT2D eigenvalue weighted by atomic mass is 9.90. The summed E-state index contributed by atoms with van der Waals surface area (Å²) >= 11 is 0. The van der Waals surface area contributed by atoms with Crippen molar-refractivity contribution in [2.24, 2.45) is 0 Å². The first-order chi connectivity index (χ1) is 18.8. The number of hydrogen-bond acceptors (Lipinski definition) is 5. The number of benzene rings is 4. The topological polar surface area (TPSA) is 96.5 Å². The smallest absolute Gasteiger partial charge is 0.261 e.